The molecule has 0 aliphatic heterocycles. The molecule has 0 atom stereocenters. The normalized spacial score (nSPS) is 11.4. The Hall–Kier alpha value is -3.50. The molecule has 3 nitrogen and oxygen atoms in total. The number of benzene rings is 3. The molecule has 0 unspecified atom stereocenters. The van der Waals surface area contributed by atoms with E-state index >= 15 is 0 Å². The summed E-state index contributed by atoms with van der Waals surface area (Å²) < 4.78 is 0. The number of hydrogen-bond donors (Lipinski definition) is 1. The Labute approximate surface area is 187 Å². The Kier molecular flexibility index (Phi) is 6.10. The standard InChI is InChI=1S/C27H24N2OS/c1-18-14-15-23(16-19(18)2)25-20(3)31-27(28-25)29-26(30)24(22-12-8-5-9-13-22)17-21-10-6-4-7-11-21/h4-17H,1-3H3,(H,28,29,30)/b24-17+. The molecule has 0 spiro atoms. The van der Waals surface area contributed by atoms with E-state index in [-0.39, 0.29) is 5.91 Å². The topological polar surface area (TPSA) is 42.0 Å². The summed E-state index contributed by atoms with van der Waals surface area (Å²) in [6.07, 6.45) is 1.91. The average molecular weight is 425 g/mol. The van der Waals surface area contributed by atoms with Crippen molar-refractivity contribution in [2.45, 2.75) is 20.8 Å². The number of nitrogens with one attached hydrogen (secondary N) is 1. The predicted octanol–water partition coefficient (Wildman–Crippen LogP) is 6.91. The zero-order chi connectivity index (χ0) is 21.8. The maximum absolute atomic E-state index is 13.3. The van der Waals surface area contributed by atoms with Crippen molar-refractivity contribution in [2.75, 3.05) is 5.32 Å². The Morgan fingerprint density at radius 3 is 2.23 bits per heavy atom. The van der Waals surface area contributed by atoms with E-state index in [0.29, 0.717) is 10.7 Å². The van der Waals surface area contributed by atoms with Gasteiger partial charge in [-0.1, -0.05) is 72.8 Å². The lowest BCUT2D eigenvalue weighted by atomic mass is 10.0. The molecule has 0 saturated carbocycles. The van der Waals surface area contributed by atoms with E-state index in [1.165, 1.54) is 22.5 Å². The first-order chi connectivity index (χ1) is 15.0. The van der Waals surface area contributed by atoms with E-state index in [9.17, 15) is 4.79 Å². The molecule has 1 N–H and O–H groups in total. The minimum absolute atomic E-state index is 0.171. The van der Waals surface area contributed by atoms with Gasteiger partial charge in [-0.05, 0) is 55.2 Å². The van der Waals surface area contributed by atoms with E-state index in [1.54, 1.807) is 0 Å². The van der Waals surface area contributed by atoms with Crippen LogP contribution in [0.15, 0.2) is 78.9 Å². The van der Waals surface area contributed by atoms with E-state index in [4.69, 9.17) is 4.98 Å². The summed E-state index contributed by atoms with van der Waals surface area (Å²) in [5.74, 6) is -0.171. The summed E-state index contributed by atoms with van der Waals surface area (Å²) in [4.78, 5) is 19.1. The van der Waals surface area contributed by atoms with Gasteiger partial charge in [0.2, 0.25) is 0 Å². The fraction of sp³-hybridized carbons (Fsp3) is 0.111. The Balaban J connectivity index is 1.65. The number of carbonyl (C=O) groups excluding carboxylic acids is 1. The lowest BCUT2D eigenvalue weighted by Gasteiger charge is -2.08. The highest BCUT2D eigenvalue weighted by Gasteiger charge is 2.16. The lowest BCUT2D eigenvalue weighted by molar-refractivity contribution is -0.111. The van der Waals surface area contributed by atoms with Crippen LogP contribution in [0, 0.1) is 20.8 Å². The molecule has 0 fully saturated rings. The van der Waals surface area contributed by atoms with Crippen molar-refractivity contribution in [3.8, 4) is 11.3 Å². The van der Waals surface area contributed by atoms with E-state index < -0.39 is 0 Å². The zero-order valence-corrected chi connectivity index (χ0v) is 18.7. The second-order valence-electron chi connectivity index (χ2n) is 7.51. The first-order valence-electron chi connectivity index (χ1n) is 10.2. The highest BCUT2D eigenvalue weighted by atomic mass is 32.1. The lowest BCUT2D eigenvalue weighted by Crippen LogP contribution is -2.13. The van der Waals surface area contributed by atoms with Gasteiger partial charge in [0.05, 0.1) is 5.69 Å². The third-order valence-electron chi connectivity index (χ3n) is 5.24. The smallest absolute Gasteiger partial charge is 0.258 e. The molecule has 31 heavy (non-hydrogen) atoms. The second kappa shape index (κ2) is 9.11. The van der Waals surface area contributed by atoms with Gasteiger partial charge in [-0.3, -0.25) is 10.1 Å². The zero-order valence-electron chi connectivity index (χ0n) is 17.8. The van der Waals surface area contributed by atoms with Crippen LogP contribution >= 0.6 is 11.3 Å². The number of aryl methyl sites for hydroxylation is 3. The summed E-state index contributed by atoms with van der Waals surface area (Å²) in [6, 6.07) is 25.9. The van der Waals surface area contributed by atoms with Crippen LogP contribution in [0.25, 0.3) is 22.9 Å². The quantitative estimate of drug-likeness (QED) is 0.279. The van der Waals surface area contributed by atoms with Crippen LogP contribution in [0.3, 0.4) is 0 Å². The first kappa shape index (κ1) is 20.8. The molecule has 4 aromatic rings. The van der Waals surface area contributed by atoms with Crippen molar-refractivity contribution in [1.82, 2.24) is 4.98 Å². The van der Waals surface area contributed by atoms with E-state index in [0.717, 1.165) is 27.3 Å². The predicted molar refractivity (Wildman–Crippen MR) is 131 cm³/mol. The van der Waals surface area contributed by atoms with Crippen molar-refractivity contribution in [1.29, 1.82) is 0 Å². The third-order valence-corrected chi connectivity index (χ3v) is 6.12. The summed E-state index contributed by atoms with van der Waals surface area (Å²) in [5.41, 5.74) is 6.91. The van der Waals surface area contributed by atoms with Crippen molar-refractivity contribution in [3.05, 3.63) is 106 Å². The number of hydrogen-bond acceptors (Lipinski definition) is 3. The summed E-state index contributed by atoms with van der Waals surface area (Å²) in [5, 5.41) is 3.62. The monoisotopic (exact) mass is 424 g/mol. The first-order valence-corrected chi connectivity index (χ1v) is 11.0. The molecule has 154 valence electrons. The van der Waals surface area contributed by atoms with Crippen LogP contribution in [0.2, 0.25) is 0 Å². The second-order valence-corrected chi connectivity index (χ2v) is 8.71. The fourth-order valence-electron chi connectivity index (χ4n) is 3.38. The molecule has 1 heterocycles. The molecular formula is C27H24N2OS. The fourth-order valence-corrected chi connectivity index (χ4v) is 4.22. The van der Waals surface area contributed by atoms with Crippen LogP contribution in [0.1, 0.15) is 27.1 Å². The van der Waals surface area contributed by atoms with Crippen LogP contribution in [-0.2, 0) is 4.79 Å². The SMILES string of the molecule is Cc1ccc(-c2nc(NC(=O)/C(=C/c3ccccc3)c3ccccc3)sc2C)cc1C. The Morgan fingerprint density at radius 1 is 0.871 bits per heavy atom. The van der Waals surface area contributed by atoms with Crippen LogP contribution in [0.5, 0.6) is 0 Å². The van der Waals surface area contributed by atoms with E-state index in [1.807, 2.05) is 73.7 Å². The van der Waals surface area contributed by atoms with Crippen molar-refractivity contribution >= 4 is 34.0 Å². The van der Waals surface area contributed by atoms with Gasteiger partial charge in [0, 0.05) is 16.0 Å². The summed E-state index contributed by atoms with van der Waals surface area (Å²) >= 11 is 1.50. The minimum Gasteiger partial charge on any atom is -0.298 e. The van der Waals surface area contributed by atoms with Gasteiger partial charge in [0.1, 0.15) is 0 Å². The molecule has 0 radical (unpaired) electrons. The van der Waals surface area contributed by atoms with Gasteiger partial charge in [-0.25, -0.2) is 4.98 Å². The number of anilines is 1. The number of carbonyl (C=O) groups is 1. The van der Waals surface area contributed by atoms with Gasteiger partial charge in [0.15, 0.2) is 5.13 Å². The number of rotatable bonds is 5. The maximum Gasteiger partial charge on any atom is 0.258 e. The molecule has 0 aliphatic carbocycles. The maximum atomic E-state index is 13.3. The molecule has 0 saturated heterocycles. The highest BCUT2D eigenvalue weighted by Crippen LogP contribution is 2.32. The largest absolute Gasteiger partial charge is 0.298 e. The van der Waals surface area contributed by atoms with Crippen molar-refractivity contribution < 1.29 is 4.79 Å². The number of amides is 1. The molecule has 1 aromatic heterocycles. The third kappa shape index (κ3) is 4.81. The van der Waals surface area contributed by atoms with Gasteiger partial charge < -0.3 is 0 Å². The van der Waals surface area contributed by atoms with E-state index in [2.05, 4.69) is 37.4 Å². The summed E-state index contributed by atoms with van der Waals surface area (Å²) in [7, 11) is 0. The van der Waals surface area contributed by atoms with Crippen LogP contribution in [-0.4, -0.2) is 10.9 Å². The average Bonchev–Trinajstić information content (AvgIpc) is 3.15. The molecule has 4 heteroatoms. The molecule has 0 aliphatic rings. The molecule has 1 amide bonds. The molecule has 0 bridgehead atoms. The van der Waals surface area contributed by atoms with Gasteiger partial charge in [-0.2, -0.15) is 0 Å². The molecule has 4 rings (SSSR count). The van der Waals surface area contributed by atoms with Crippen molar-refractivity contribution in [2.24, 2.45) is 0 Å². The van der Waals surface area contributed by atoms with Gasteiger partial charge >= 0.3 is 0 Å². The highest BCUT2D eigenvalue weighted by molar-refractivity contribution is 7.16. The van der Waals surface area contributed by atoms with Crippen LogP contribution < -0.4 is 5.32 Å². The number of nitrogens with zero attached hydrogens (tertiary/aromatic N) is 1. The summed E-state index contributed by atoms with van der Waals surface area (Å²) in [6.45, 7) is 6.24. The molecule has 3 aromatic carbocycles. The van der Waals surface area contributed by atoms with Gasteiger partial charge in [0.25, 0.3) is 5.91 Å². The Bertz CT molecular complexity index is 1240. The number of thiazole rings is 1. The number of aromatic nitrogens is 1. The minimum atomic E-state index is -0.171. The van der Waals surface area contributed by atoms with Gasteiger partial charge in [-0.15, -0.1) is 11.3 Å². The molecular weight excluding hydrogens is 400 g/mol. The van der Waals surface area contributed by atoms with Crippen LogP contribution in [0.4, 0.5) is 5.13 Å². The Morgan fingerprint density at radius 2 is 1.55 bits per heavy atom. The van der Waals surface area contributed by atoms with Crippen molar-refractivity contribution in [3.63, 3.8) is 0 Å².